The van der Waals surface area contributed by atoms with Crippen molar-refractivity contribution in [3.63, 3.8) is 0 Å². The average molecular weight is 291 g/mol. The van der Waals surface area contributed by atoms with Crippen LogP contribution in [-0.4, -0.2) is 43.5 Å². The molecule has 0 aliphatic rings. The molecule has 0 aromatic carbocycles. The summed E-state index contributed by atoms with van der Waals surface area (Å²) in [5, 5.41) is 0. The third kappa shape index (κ3) is 5.99. The first-order valence-corrected chi connectivity index (χ1v) is 5.79. The zero-order valence-electron chi connectivity index (χ0n) is 9.19. The minimum absolute atomic E-state index is 0.365. The number of nitrogens with zero attached hydrogens (tertiary/aromatic N) is 2. The molecule has 0 aliphatic heterocycles. The van der Waals surface area contributed by atoms with Gasteiger partial charge in [-0.25, -0.2) is 9.97 Å². The van der Waals surface area contributed by atoms with Crippen LogP contribution in [0.1, 0.15) is 6.42 Å². The molecule has 5 nitrogen and oxygen atoms in total. The number of ether oxygens (including phenoxy) is 3. The molecule has 0 atom stereocenters. The molecule has 90 valence electrons. The van der Waals surface area contributed by atoms with E-state index < -0.39 is 0 Å². The van der Waals surface area contributed by atoms with E-state index in [9.17, 15) is 0 Å². The predicted molar refractivity (Wildman–Crippen MR) is 62.5 cm³/mol. The van der Waals surface area contributed by atoms with E-state index in [2.05, 4.69) is 25.9 Å². The van der Waals surface area contributed by atoms with E-state index >= 15 is 0 Å². The summed E-state index contributed by atoms with van der Waals surface area (Å²) in [6.45, 7) is 2.38. The number of halogens is 1. The molecule has 1 aromatic heterocycles. The van der Waals surface area contributed by atoms with Crippen LogP contribution in [0.2, 0.25) is 0 Å². The van der Waals surface area contributed by atoms with Gasteiger partial charge in [0.25, 0.3) is 0 Å². The molecule has 0 saturated heterocycles. The van der Waals surface area contributed by atoms with Gasteiger partial charge >= 0.3 is 6.01 Å². The van der Waals surface area contributed by atoms with Gasteiger partial charge in [-0.2, -0.15) is 0 Å². The third-order valence-electron chi connectivity index (χ3n) is 1.69. The Morgan fingerprint density at radius 3 is 2.56 bits per heavy atom. The van der Waals surface area contributed by atoms with Gasteiger partial charge in [0.1, 0.15) is 6.61 Å². The summed E-state index contributed by atoms with van der Waals surface area (Å²) >= 11 is 3.25. The van der Waals surface area contributed by atoms with Crippen molar-refractivity contribution < 1.29 is 14.2 Å². The molecule has 6 heteroatoms. The van der Waals surface area contributed by atoms with Crippen molar-refractivity contribution in [1.82, 2.24) is 9.97 Å². The van der Waals surface area contributed by atoms with Gasteiger partial charge in [0.2, 0.25) is 0 Å². The molecule has 0 saturated carbocycles. The maximum atomic E-state index is 5.31. The van der Waals surface area contributed by atoms with Crippen molar-refractivity contribution >= 4 is 15.9 Å². The van der Waals surface area contributed by atoms with Gasteiger partial charge in [-0.3, -0.25) is 0 Å². The van der Waals surface area contributed by atoms with E-state index in [-0.39, 0.29) is 0 Å². The van der Waals surface area contributed by atoms with Crippen molar-refractivity contribution in [3.05, 3.63) is 16.9 Å². The van der Waals surface area contributed by atoms with Crippen LogP contribution in [0.15, 0.2) is 16.9 Å². The second kappa shape index (κ2) is 8.43. The molecule has 0 bridgehead atoms. The van der Waals surface area contributed by atoms with Gasteiger partial charge in [0.15, 0.2) is 0 Å². The van der Waals surface area contributed by atoms with Gasteiger partial charge < -0.3 is 14.2 Å². The van der Waals surface area contributed by atoms with E-state index in [4.69, 9.17) is 14.2 Å². The maximum absolute atomic E-state index is 5.31. The predicted octanol–water partition coefficient (Wildman–Crippen LogP) is 1.67. The lowest BCUT2D eigenvalue weighted by molar-refractivity contribution is 0.0783. The Balaban J connectivity index is 2.01. The highest BCUT2D eigenvalue weighted by molar-refractivity contribution is 9.10. The fourth-order valence-electron chi connectivity index (χ4n) is 0.974. The quantitative estimate of drug-likeness (QED) is 0.682. The van der Waals surface area contributed by atoms with Crippen LogP contribution in [0.25, 0.3) is 0 Å². The van der Waals surface area contributed by atoms with Crippen molar-refractivity contribution in [2.24, 2.45) is 0 Å². The zero-order valence-corrected chi connectivity index (χ0v) is 10.8. The number of aromatic nitrogens is 2. The molecule has 1 heterocycles. The Hall–Kier alpha value is -0.720. The normalized spacial score (nSPS) is 10.4. The summed E-state index contributed by atoms with van der Waals surface area (Å²) in [7, 11) is 1.67. The van der Waals surface area contributed by atoms with Crippen LogP contribution >= 0.6 is 15.9 Å². The Morgan fingerprint density at radius 2 is 1.88 bits per heavy atom. The standard InChI is InChI=1S/C10H15BrN2O3/c1-14-3-2-4-15-5-6-16-10-12-7-9(11)8-13-10/h7-8H,2-6H2,1H3. The van der Waals surface area contributed by atoms with Crippen LogP contribution in [-0.2, 0) is 9.47 Å². The highest BCUT2D eigenvalue weighted by Gasteiger charge is 1.96. The number of rotatable bonds is 8. The lowest BCUT2D eigenvalue weighted by atomic mass is 10.5. The van der Waals surface area contributed by atoms with Gasteiger partial charge in [-0.05, 0) is 22.4 Å². The Kier molecular flexibility index (Phi) is 7.03. The molecule has 0 spiro atoms. The number of hydrogen-bond donors (Lipinski definition) is 0. The molecule has 1 rings (SSSR count). The summed E-state index contributed by atoms with van der Waals surface area (Å²) in [6.07, 6.45) is 4.18. The monoisotopic (exact) mass is 290 g/mol. The van der Waals surface area contributed by atoms with E-state index in [1.54, 1.807) is 19.5 Å². The van der Waals surface area contributed by atoms with Crippen molar-refractivity contribution in [2.75, 3.05) is 33.5 Å². The lowest BCUT2D eigenvalue weighted by Gasteiger charge is -2.05. The molecule has 0 fully saturated rings. The molecule has 16 heavy (non-hydrogen) atoms. The second-order valence-electron chi connectivity index (χ2n) is 2.99. The molecule has 0 unspecified atom stereocenters. The fraction of sp³-hybridized carbons (Fsp3) is 0.600. The Labute approximate surface area is 103 Å². The summed E-state index contributed by atoms with van der Waals surface area (Å²) in [5.41, 5.74) is 0. The summed E-state index contributed by atoms with van der Waals surface area (Å²) < 4.78 is 16.3. The molecule has 0 radical (unpaired) electrons. The summed E-state index contributed by atoms with van der Waals surface area (Å²) in [4.78, 5) is 7.94. The molecule has 1 aromatic rings. The minimum atomic E-state index is 0.365. The van der Waals surface area contributed by atoms with Crippen LogP contribution in [0.5, 0.6) is 6.01 Å². The third-order valence-corrected chi connectivity index (χ3v) is 2.10. The molecular formula is C10H15BrN2O3. The van der Waals surface area contributed by atoms with E-state index in [0.29, 0.717) is 25.8 Å². The largest absolute Gasteiger partial charge is 0.461 e. The maximum Gasteiger partial charge on any atom is 0.316 e. The van der Waals surface area contributed by atoms with Crippen molar-refractivity contribution in [2.45, 2.75) is 6.42 Å². The second-order valence-corrected chi connectivity index (χ2v) is 3.91. The minimum Gasteiger partial charge on any atom is -0.461 e. The van der Waals surface area contributed by atoms with E-state index in [0.717, 1.165) is 17.5 Å². The van der Waals surface area contributed by atoms with Crippen LogP contribution in [0.4, 0.5) is 0 Å². The van der Waals surface area contributed by atoms with Gasteiger partial charge in [-0.1, -0.05) is 0 Å². The van der Waals surface area contributed by atoms with Crippen molar-refractivity contribution in [1.29, 1.82) is 0 Å². The van der Waals surface area contributed by atoms with E-state index in [1.807, 2.05) is 0 Å². The van der Waals surface area contributed by atoms with E-state index in [1.165, 1.54) is 0 Å². The van der Waals surface area contributed by atoms with Gasteiger partial charge in [0.05, 0.1) is 11.1 Å². The fourth-order valence-corrected chi connectivity index (χ4v) is 1.18. The van der Waals surface area contributed by atoms with Crippen LogP contribution in [0, 0.1) is 0 Å². The highest BCUT2D eigenvalue weighted by Crippen LogP contribution is 2.07. The number of methoxy groups -OCH3 is 1. The Morgan fingerprint density at radius 1 is 1.12 bits per heavy atom. The summed E-state index contributed by atoms with van der Waals surface area (Å²) in [5.74, 6) is 0. The smallest absolute Gasteiger partial charge is 0.316 e. The molecule has 0 amide bonds. The number of hydrogen-bond acceptors (Lipinski definition) is 5. The van der Waals surface area contributed by atoms with Crippen molar-refractivity contribution in [3.8, 4) is 6.01 Å². The lowest BCUT2D eigenvalue weighted by Crippen LogP contribution is -2.09. The Bertz CT molecular complexity index is 282. The van der Waals surface area contributed by atoms with Crippen LogP contribution in [0.3, 0.4) is 0 Å². The summed E-state index contributed by atoms with van der Waals surface area (Å²) in [6, 6.07) is 0.365. The zero-order chi connectivity index (χ0) is 11.6. The highest BCUT2D eigenvalue weighted by atomic mass is 79.9. The molecular weight excluding hydrogens is 276 g/mol. The first-order valence-electron chi connectivity index (χ1n) is 5.00. The van der Waals surface area contributed by atoms with Gasteiger partial charge in [-0.15, -0.1) is 0 Å². The van der Waals surface area contributed by atoms with Gasteiger partial charge in [0, 0.05) is 32.7 Å². The first kappa shape index (κ1) is 13.3. The topological polar surface area (TPSA) is 53.5 Å². The molecule has 0 N–H and O–H groups in total. The average Bonchev–Trinajstić information content (AvgIpc) is 2.30. The molecule has 0 aliphatic carbocycles. The first-order chi connectivity index (χ1) is 7.83. The SMILES string of the molecule is COCCCOCCOc1ncc(Br)cn1. The van der Waals surface area contributed by atoms with Crippen LogP contribution < -0.4 is 4.74 Å².